The number of sulfonamides is 1. The van der Waals surface area contributed by atoms with Crippen molar-refractivity contribution in [1.29, 1.82) is 0 Å². The molecule has 0 radical (unpaired) electrons. The monoisotopic (exact) mass is 508 g/mol. The van der Waals surface area contributed by atoms with Crippen LogP contribution in [0.1, 0.15) is 32.1 Å². The number of pyridine rings is 1. The third-order valence-corrected chi connectivity index (χ3v) is 8.97. The molecule has 2 fully saturated rings. The standard InChI is InChI=1S/C27H32N4O4S/c1-35-23-10-8-22(9-11-23)28-27(32)21-6-5-15-30(19-21)26-14-7-20-18-24(12-13-25(20)29-26)36(33,34)31-16-3-2-4-17-31/h7-14,18,21H,2-6,15-17,19H2,1H3,(H,28,32)/t21-/m0/s1. The van der Waals surface area contributed by atoms with Crippen molar-refractivity contribution in [2.75, 3.05) is 43.5 Å². The number of carbonyl (C=O) groups is 1. The van der Waals surface area contributed by atoms with E-state index in [1.54, 1.807) is 29.6 Å². The van der Waals surface area contributed by atoms with Gasteiger partial charge in [0.2, 0.25) is 15.9 Å². The van der Waals surface area contributed by atoms with Gasteiger partial charge in [0, 0.05) is 37.3 Å². The molecule has 0 saturated carbocycles. The van der Waals surface area contributed by atoms with Crippen molar-refractivity contribution in [2.45, 2.75) is 37.0 Å². The second-order valence-corrected chi connectivity index (χ2v) is 11.4. The van der Waals surface area contributed by atoms with Crippen LogP contribution in [-0.2, 0) is 14.8 Å². The molecule has 2 aliphatic heterocycles. The number of carbonyl (C=O) groups excluding carboxylic acids is 1. The van der Waals surface area contributed by atoms with E-state index in [2.05, 4.69) is 10.2 Å². The first-order chi connectivity index (χ1) is 17.4. The molecular formula is C27H32N4O4S. The molecule has 1 N–H and O–H groups in total. The van der Waals surface area contributed by atoms with Gasteiger partial charge in [0.1, 0.15) is 11.6 Å². The molecule has 0 bridgehead atoms. The zero-order valence-electron chi connectivity index (χ0n) is 20.5. The lowest BCUT2D eigenvalue weighted by Crippen LogP contribution is -2.41. The molecule has 2 aromatic carbocycles. The lowest BCUT2D eigenvalue weighted by Gasteiger charge is -2.33. The van der Waals surface area contributed by atoms with Gasteiger partial charge in [-0.2, -0.15) is 4.31 Å². The number of nitrogens with zero attached hydrogens (tertiary/aromatic N) is 3. The van der Waals surface area contributed by atoms with Crippen molar-refractivity contribution in [3.63, 3.8) is 0 Å². The molecule has 0 spiro atoms. The van der Waals surface area contributed by atoms with E-state index in [4.69, 9.17) is 9.72 Å². The summed E-state index contributed by atoms with van der Waals surface area (Å²) in [6.07, 6.45) is 4.62. The number of ether oxygens (including phenoxy) is 1. The molecule has 1 atom stereocenters. The Labute approximate surface area is 212 Å². The molecule has 0 aliphatic carbocycles. The molecule has 8 nitrogen and oxygen atoms in total. The van der Waals surface area contributed by atoms with Gasteiger partial charge in [-0.05, 0) is 80.3 Å². The van der Waals surface area contributed by atoms with Gasteiger partial charge in [-0.1, -0.05) is 6.42 Å². The van der Waals surface area contributed by atoms with E-state index in [1.165, 1.54) is 0 Å². The van der Waals surface area contributed by atoms with Crippen LogP contribution in [0.25, 0.3) is 10.9 Å². The van der Waals surface area contributed by atoms with Gasteiger partial charge in [0.25, 0.3) is 0 Å². The number of benzene rings is 2. The van der Waals surface area contributed by atoms with Crippen LogP contribution in [0.15, 0.2) is 59.5 Å². The van der Waals surface area contributed by atoms with E-state index in [0.29, 0.717) is 24.5 Å². The summed E-state index contributed by atoms with van der Waals surface area (Å²) in [5, 5.41) is 3.80. The number of hydrogen-bond acceptors (Lipinski definition) is 6. The molecule has 2 aliphatic rings. The van der Waals surface area contributed by atoms with Crippen molar-refractivity contribution in [3.8, 4) is 5.75 Å². The summed E-state index contributed by atoms with van der Waals surface area (Å²) in [5.41, 5.74) is 1.49. The number of nitrogens with one attached hydrogen (secondary N) is 1. The quantitative estimate of drug-likeness (QED) is 0.535. The van der Waals surface area contributed by atoms with Gasteiger partial charge in [-0.15, -0.1) is 0 Å². The largest absolute Gasteiger partial charge is 0.497 e. The van der Waals surface area contributed by atoms with E-state index in [1.807, 2.05) is 36.4 Å². The number of anilines is 2. The minimum Gasteiger partial charge on any atom is -0.497 e. The summed E-state index contributed by atoms with van der Waals surface area (Å²) in [4.78, 5) is 20.2. The highest BCUT2D eigenvalue weighted by Crippen LogP contribution is 2.28. The molecule has 1 amide bonds. The number of amides is 1. The van der Waals surface area contributed by atoms with Crippen LogP contribution in [0.5, 0.6) is 5.75 Å². The van der Waals surface area contributed by atoms with Crippen LogP contribution in [0, 0.1) is 5.92 Å². The fraction of sp³-hybridized carbons (Fsp3) is 0.407. The third kappa shape index (κ3) is 5.17. The van der Waals surface area contributed by atoms with E-state index in [-0.39, 0.29) is 11.8 Å². The van der Waals surface area contributed by atoms with E-state index < -0.39 is 10.0 Å². The Hall–Kier alpha value is -3.17. The molecular weight excluding hydrogens is 476 g/mol. The first-order valence-electron chi connectivity index (χ1n) is 12.5. The molecule has 36 heavy (non-hydrogen) atoms. The summed E-state index contributed by atoms with van der Waals surface area (Å²) in [6, 6.07) is 16.3. The number of piperidine rings is 2. The van der Waals surface area contributed by atoms with Gasteiger partial charge >= 0.3 is 0 Å². The number of aromatic nitrogens is 1. The van der Waals surface area contributed by atoms with E-state index >= 15 is 0 Å². The van der Waals surface area contributed by atoms with Gasteiger partial charge in [-0.3, -0.25) is 4.79 Å². The fourth-order valence-electron chi connectivity index (χ4n) is 5.00. The van der Waals surface area contributed by atoms with Crippen LogP contribution in [0.2, 0.25) is 0 Å². The molecule has 0 unspecified atom stereocenters. The van der Waals surface area contributed by atoms with Crippen LogP contribution in [-0.4, -0.2) is 56.9 Å². The zero-order valence-corrected chi connectivity index (χ0v) is 21.3. The van der Waals surface area contributed by atoms with Crippen molar-refractivity contribution in [3.05, 3.63) is 54.6 Å². The average molecular weight is 509 g/mol. The Kier molecular flexibility index (Phi) is 7.11. The van der Waals surface area contributed by atoms with Crippen molar-refractivity contribution < 1.29 is 17.9 Å². The summed E-state index contributed by atoms with van der Waals surface area (Å²) >= 11 is 0. The summed E-state index contributed by atoms with van der Waals surface area (Å²) < 4.78 is 32.9. The van der Waals surface area contributed by atoms with Crippen LogP contribution >= 0.6 is 0 Å². The molecule has 9 heteroatoms. The van der Waals surface area contributed by atoms with Crippen LogP contribution in [0.3, 0.4) is 0 Å². The number of methoxy groups -OCH3 is 1. The Bertz CT molecular complexity index is 1340. The highest BCUT2D eigenvalue weighted by atomic mass is 32.2. The summed E-state index contributed by atoms with van der Waals surface area (Å²) in [7, 11) is -1.87. The lowest BCUT2D eigenvalue weighted by molar-refractivity contribution is -0.120. The second kappa shape index (κ2) is 10.4. The highest BCUT2D eigenvalue weighted by Gasteiger charge is 2.28. The first-order valence-corrected chi connectivity index (χ1v) is 14.0. The van der Waals surface area contributed by atoms with E-state index in [0.717, 1.165) is 66.8 Å². The van der Waals surface area contributed by atoms with Crippen molar-refractivity contribution in [2.24, 2.45) is 5.92 Å². The van der Waals surface area contributed by atoms with Gasteiger partial charge in [-0.25, -0.2) is 13.4 Å². The zero-order chi connectivity index (χ0) is 25.1. The van der Waals surface area contributed by atoms with Gasteiger partial charge < -0.3 is 15.0 Å². The Morgan fingerprint density at radius 3 is 2.50 bits per heavy atom. The first kappa shape index (κ1) is 24.5. The number of fused-ring (bicyclic) bond motifs is 1. The van der Waals surface area contributed by atoms with Crippen LogP contribution in [0.4, 0.5) is 11.5 Å². The normalized spacial score (nSPS) is 19.2. The fourth-order valence-corrected chi connectivity index (χ4v) is 6.55. The molecule has 3 heterocycles. The molecule has 2 saturated heterocycles. The Morgan fingerprint density at radius 2 is 1.75 bits per heavy atom. The van der Waals surface area contributed by atoms with Crippen molar-refractivity contribution >= 4 is 38.3 Å². The minimum atomic E-state index is -3.49. The highest BCUT2D eigenvalue weighted by molar-refractivity contribution is 7.89. The third-order valence-electron chi connectivity index (χ3n) is 7.07. The van der Waals surface area contributed by atoms with Crippen LogP contribution < -0.4 is 15.0 Å². The lowest BCUT2D eigenvalue weighted by atomic mass is 9.97. The second-order valence-electron chi connectivity index (χ2n) is 9.49. The number of hydrogen-bond donors (Lipinski definition) is 1. The maximum Gasteiger partial charge on any atom is 0.243 e. The molecule has 5 rings (SSSR count). The predicted octanol–water partition coefficient (Wildman–Crippen LogP) is 4.27. The SMILES string of the molecule is COc1ccc(NC(=O)[C@H]2CCCN(c3ccc4cc(S(=O)(=O)N5CCCCC5)ccc4n3)C2)cc1. The predicted molar refractivity (Wildman–Crippen MR) is 141 cm³/mol. The Morgan fingerprint density at radius 1 is 0.972 bits per heavy atom. The molecule has 190 valence electrons. The van der Waals surface area contributed by atoms with Gasteiger partial charge in [0.15, 0.2) is 0 Å². The summed E-state index contributed by atoms with van der Waals surface area (Å²) in [5.74, 6) is 1.40. The topological polar surface area (TPSA) is 91.8 Å². The molecule has 3 aromatic rings. The molecule has 1 aromatic heterocycles. The maximum atomic E-state index is 13.1. The van der Waals surface area contributed by atoms with E-state index in [9.17, 15) is 13.2 Å². The minimum absolute atomic E-state index is 0.00165. The maximum absolute atomic E-state index is 13.1. The number of rotatable bonds is 6. The average Bonchev–Trinajstić information content (AvgIpc) is 2.93. The van der Waals surface area contributed by atoms with Gasteiger partial charge in [0.05, 0.1) is 23.4 Å². The summed E-state index contributed by atoms with van der Waals surface area (Å²) in [6.45, 7) is 2.58. The smallest absolute Gasteiger partial charge is 0.243 e. The Balaban J connectivity index is 1.29. The van der Waals surface area contributed by atoms with Crippen molar-refractivity contribution in [1.82, 2.24) is 9.29 Å².